The normalized spacial score (nSPS) is 12.6. The van der Waals surface area contributed by atoms with Gasteiger partial charge in [-0.05, 0) is 0 Å². The summed E-state index contributed by atoms with van der Waals surface area (Å²) in [5, 5.41) is 0. The van der Waals surface area contributed by atoms with Gasteiger partial charge in [-0.15, -0.1) is 0 Å². The van der Waals surface area contributed by atoms with Gasteiger partial charge in [0.1, 0.15) is 0 Å². The monoisotopic (exact) mass is 406 g/mol. The third-order valence-electron chi connectivity index (χ3n) is 7.45. The zero-order valence-electron chi connectivity index (χ0n) is 17.6. The molecule has 0 nitrogen and oxygen atoms in total. The van der Waals surface area contributed by atoms with Gasteiger partial charge in [-0.2, -0.15) is 0 Å². The summed E-state index contributed by atoms with van der Waals surface area (Å²) in [5.41, 5.74) is 3.26. The summed E-state index contributed by atoms with van der Waals surface area (Å²) >= 11 is 1.53. The quantitative estimate of drug-likeness (QED) is 0.452. The second kappa shape index (κ2) is 10.6. The fourth-order valence-corrected chi connectivity index (χ4v) is 67.4. The molecule has 0 fully saturated rings. The molecule has 2 aromatic carbocycles. The molecule has 0 bridgehead atoms. The number of rotatable bonds is 10. The van der Waals surface area contributed by atoms with E-state index in [0.29, 0.717) is 0 Å². The average Bonchev–Trinajstić information content (AvgIpc) is 2.71. The van der Waals surface area contributed by atoms with Crippen LogP contribution in [0.2, 0.25) is 24.2 Å². The molecule has 0 saturated heterocycles. The van der Waals surface area contributed by atoms with Crippen LogP contribution in [0, 0.1) is 0 Å². The van der Waals surface area contributed by atoms with Crippen LogP contribution in [0.4, 0.5) is 0 Å². The Morgan fingerprint density at radius 1 is 0.615 bits per heavy atom. The summed E-state index contributed by atoms with van der Waals surface area (Å²) in [7, 11) is -2.31. The van der Waals surface area contributed by atoms with Gasteiger partial charge >= 0.3 is 182 Å². The molecule has 4 heteroatoms. The summed E-state index contributed by atoms with van der Waals surface area (Å²) in [6.07, 6.45) is 0. The second-order valence-corrected chi connectivity index (χ2v) is 43.3. The van der Waals surface area contributed by atoms with Crippen molar-refractivity contribution >= 4 is 46.6 Å². The Kier molecular flexibility index (Phi) is 9.11. The van der Waals surface area contributed by atoms with Crippen LogP contribution < -0.4 is 0 Å². The van der Waals surface area contributed by atoms with Crippen molar-refractivity contribution in [2.75, 3.05) is 0 Å². The van der Waals surface area contributed by atoms with Gasteiger partial charge in [-0.25, -0.2) is 0 Å². The summed E-state index contributed by atoms with van der Waals surface area (Å²) in [4.78, 5) is 0. The van der Waals surface area contributed by atoms with Gasteiger partial charge in [-0.1, -0.05) is 0 Å². The van der Waals surface area contributed by atoms with E-state index in [1.54, 1.807) is 11.1 Å². The molecule has 0 saturated carbocycles. The van der Waals surface area contributed by atoms with E-state index in [-0.39, 0.29) is 0 Å². The standard InChI is InChI=1S/C22H35Si3.Na/c1-5-24(6-2,19-21-15-11-9-12-16-21)23-25(7-3,8-4)20-22-17-13-10-14-18-22;/h9-18,23H,5-8,19-20H2,1-4H3;. The Morgan fingerprint density at radius 3 is 1.19 bits per heavy atom. The molecule has 26 heavy (non-hydrogen) atoms. The van der Waals surface area contributed by atoms with Gasteiger partial charge in [0.2, 0.25) is 0 Å². The Balaban J connectivity index is 2.37. The Morgan fingerprint density at radius 2 is 0.923 bits per heavy atom. The molecule has 0 aliphatic rings. The average molecular weight is 407 g/mol. The van der Waals surface area contributed by atoms with Gasteiger partial charge in [0.15, 0.2) is 0 Å². The molecule has 0 atom stereocenters. The first-order valence-corrected chi connectivity index (χ1v) is 24.1. The SMILES string of the molecule is CC[Si](CC)(Cc1ccccc1)[SiH]([Na])[Si](CC)(CC)Cc1ccccc1. The Hall–Kier alpha value is 0.0906. The first-order chi connectivity index (χ1) is 12.6. The fraction of sp³-hybridized carbons (Fsp3) is 0.455. The third kappa shape index (κ3) is 5.12. The van der Waals surface area contributed by atoms with Crippen molar-refractivity contribution in [2.24, 2.45) is 0 Å². The molecule has 0 heterocycles. The van der Waals surface area contributed by atoms with Crippen molar-refractivity contribution in [3.8, 4) is 0 Å². The molecule has 2 rings (SSSR count). The molecule has 2 aromatic rings. The molecule has 0 N–H and O–H groups in total. The number of benzene rings is 2. The zero-order chi connectivity index (χ0) is 19.0. The Bertz CT molecular complexity index is 579. The molecule has 0 aliphatic carbocycles. The molecule has 0 unspecified atom stereocenters. The van der Waals surface area contributed by atoms with E-state index in [1.807, 2.05) is 0 Å². The van der Waals surface area contributed by atoms with E-state index in [2.05, 4.69) is 88.4 Å². The van der Waals surface area contributed by atoms with Crippen LogP contribution in [0.15, 0.2) is 60.7 Å². The van der Waals surface area contributed by atoms with Gasteiger partial charge in [0.05, 0.1) is 0 Å². The van der Waals surface area contributed by atoms with Crippen molar-refractivity contribution < 1.29 is 0 Å². The van der Waals surface area contributed by atoms with E-state index >= 15 is 0 Å². The van der Waals surface area contributed by atoms with Crippen molar-refractivity contribution in [3.05, 3.63) is 71.8 Å². The predicted octanol–water partition coefficient (Wildman–Crippen LogP) is 5.58. The van der Waals surface area contributed by atoms with Crippen LogP contribution >= 0.6 is 0 Å². The predicted molar refractivity (Wildman–Crippen MR) is 127 cm³/mol. The van der Waals surface area contributed by atoms with Gasteiger partial charge in [0, 0.05) is 0 Å². The fourth-order valence-electron chi connectivity index (χ4n) is 5.19. The van der Waals surface area contributed by atoms with Crippen LogP contribution in [-0.2, 0) is 12.1 Å². The van der Waals surface area contributed by atoms with Gasteiger partial charge < -0.3 is 0 Å². The van der Waals surface area contributed by atoms with Crippen LogP contribution in [0.5, 0.6) is 0 Å². The molecular formula is C22H35NaSi3. The van der Waals surface area contributed by atoms with Crippen LogP contribution in [-0.4, -0.2) is 46.6 Å². The zero-order valence-corrected chi connectivity index (χ0v) is 22.7. The van der Waals surface area contributed by atoms with Gasteiger partial charge in [-0.3, -0.25) is 0 Å². The minimum atomic E-state index is -1.16. The molecule has 0 spiro atoms. The van der Waals surface area contributed by atoms with Crippen molar-refractivity contribution in [1.29, 1.82) is 0 Å². The number of hydrogen-bond donors (Lipinski definition) is 0. The number of hydrogen-bond acceptors (Lipinski definition) is 0. The third-order valence-corrected chi connectivity index (χ3v) is 69.2. The van der Waals surface area contributed by atoms with Crippen molar-refractivity contribution in [3.63, 3.8) is 0 Å². The van der Waals surface area contributed by atoms with Crippen LogP contribution in [0.1, 0.15) is 38.8 Å². The van der Waals surface area contributed by atoms with Crippen molar-refractivity contribution in [1.82, 2.24) is 0 Å². The van der Waals surface area contributed by atoms with E-state index < -0.39 is 19.6 Å². The first kappa shape index (κ1) is 22.4. The topological polar surface area (TPSA) is 0 Å². The summed E-state index contributed by atoms with van der Waals surface area (Å²) < 4.78 is -0.627. The first-order valence-electron chi connectivity index (χ1n) is 10.6. The molecular weight excluding hydrogens is 371 g/mol. The van der Waals surface area contributed by atoms with Crippen molar-refractivity contribution in [2.45, 2.75) is 64.0 Å². The molecule has 0 radical (unpaired) electrons. The summed E-state index contributed by atoms with van der Waals surface area (Å²) in [6.45, 7) is 10.2. The Labute approximate surface area is 181 Å². The van der Waals surface area contributed by atoms with Crippen LogP contribution in [0.3, 0.4) is 0 Å². The van der Waals surface area contributed by atoms with E-state index in [0.717, 1.165) is 0 Å². The minimum absolute atomic E-state index is 0.627. The van der Waals surface area contributed by atoms with Gasteiger partial charge in [0.25, 0.3) is 0 Å². The molecule has 0 aliphatic heterocycles. The molecule has 136 valence electrons. The molecule has 0 aromatic heterocycles. The summed E-state index contributed by atoms with van der Waals surface area (Å²) in [6, 6.07) is 31.9. The van der Waals surface area contributed by atoms with Crippen LogP contribution in [0.25, 0.3) is 0 Å². The van der Waals surface area contributed by atoms with E-state index in [4.69, 9.17) is 0 Å². The maximum atomic E-state index is 2.55. The second-order valence-electron chi connectivity index (χ2n) is 8.19. The van der Waals surface area contributed by atoms with E-state index in [1.165, 1.54) is 63.3 Å². The van der Waals surface area contributed by atoms with E-state index in [9.17, 15) is 0 Å². The maximum absolute atomic E-state index is 2.55. The molecule has 0 amide bonds. The summed E-state index contributed by atoms with van der Waals surface area (Å²) in [5.74, 6) is 0.